The molecule has 0 N–H and O–H groups in total. The number of halogens is 4. The number of aromatic nitrogens is 1. The molecule has 2 aliphatic heterocycles. The zero-order chi connectivity index (χ0) is 28.6. The average molecular weight is 567 g/mol. The lowest BCUT2D eigenvalue weighted by Crippen LogP contribution is -2.48. The SMILES string of the molecule is CC1OC(=O)c2cc(Oc3ncc(COC4CCOC4)cc3C(F)(F)F)c(F)cc2N1C(=O)[C@H]1CC[C@H](C)CC1. The molecule has 3 aliphatic rings. The van der Waals surface area contributed by atoms with Crippen LogP contribution in [-0.4, -0.2) is 42.4 Å². The fourth-order valence-corrected chi connectivity index (χ4v) is 5.27. The second-order valence-electron chi connectivity index (χ2n) is 10.6. The molecule has 0 spiro atoms. The summed E-state index contributed by atoms with van der Waals surface area (Å²) in [6.45, 7) is 4.39. The van der Waals surface area contributed by atoms with Crippen molar-refractivity contribution in [1.29, 1.82) is 0 Å². The fourth-order valence-electron chi connectivity index (χ4n) is 5.27. The van der Waals surface area contributed by atoms with Crippen LogP contribution in [0.15, 0.2) is 24.4 Å². The highest BCUT2D eigenvalue weighted by Gasteiger charge is 2.40. The van der Waals surface area contributed by atoms with Gasteiger partial charge in [0.2, 0.25) is 11.8 Å². The first kappa shape index (κ1) is 28.3. The topological polar surface area (TPSA) is 87.2 Å². The number of rotatable bonds is 6. The number of carbonyl (C=O) groups excluding carboxylic acids is 2. The Balaban J connectivity index is 1.42. The predicted octanol–water partition coefficient (Wildman–Crippen LogP) is 6.01. The third-order valence-corrected chi connectivity index (χ3v) is 7.57. The number of fused-ring (bicyclic) bond motifs is 1. The quantitative estimate of drug-likeness (QED) is 0.313. The summed E-state index contributed by atoms with van der Waals surface area (Å²) in [5.41, 5.74) is -1.27. The Morgan fingerprint density at radius 2 is 1.88 bits per heavy atom. The molecule has 1 saturated carbocycles. The molecule has 2 atom stereocenters. The molecule has 0 bridgehead atoms. The highest BCUT2D eigenvalue weighted by molar-refractivity contribution is 6.06. The van der Waals surface area contributed by atoms with Gasteiger partial charge in [-0.15, -0.1) is 0 Å². The van der Waals surface area contributed by atoms with Crippen molar-refractivity contribution < 1.29 is 46.1 Å². The highest BCUT2D eigenvalue weighted by atomic mass is 19.4. The number of pyridine rings is 1. The van der Waals surface area contributed by atoms with E-state index in [1.165, 1.54) is 11.8 Å². The molecular weight excluding hydrogens is 536 g/mol. The number of hydrogen-bond acceptors (Lipinski definition) is 7. The summed E-state index contributed by atoms with van der Waals surface area (Å²) in [5, 5.41) is 0. The van der Waals surface area contributed by atoms with Crippen LogP contribution >= 0.6 is 0 Å². The van der Waals surface area contributed by atoms with Crippen molar-refractivity contribution in [1.82, 2.24) is 4.98 Å². The Hall–Kier alpha value is -3.25. The molecule has 1 saturated heterocycles. The van der Waals surface area contributed by atoms with Gasteiger partial charge in [-0.05, 0) is 56.6 Å². The molecule has 12 heteroatoms. The van der Waals surface area contributed by atoms with E-state index in [0.29, 0.717) is 38.4 Å². The number of carbonyl (C=O) groups is 2. The molecule has 8 nitrogen and oxygen atoms in total. The molecule has 5 rings (SSSR count). The molecule has 1 aromatic heterocycles. The van der Waals surface area contributed by atoms with Crippen molar-refractivity contribution in [2.75, 3.05) is 18.1 Å². The van der Waals surface area contributed by atoms with Crippen molar-refractivity contribution in [2.45, 2.75) is 71.1 Å². The summed E-state index contributed by atoms with van der Waals surface area (Å²) in [5.74, 6) is -3.53. The van der Waals surface area contributed by atoms with E-state index in [9.17, 15) is 22.8 Å². The van der Waals surface area contributed by atoms with E-state index in [1.807, 2.05) is 0 Å². The maximum Gasteiger partial charge on any atom is 0.421 e. The third-order valence-electron chi connectivity index (χ3n) is 7.57. The molecule has 1 aromatic carbocycles. The van der Waals surface area contributed by atoms with Gasteiger partial charge in [-0.3, -0.25) is 9.69 Å². The molecule has 40 heavy (non-hydrogen) atoms. The van der Waals surface area contributed by atoms with E-state index in [4.69, 9.17) is 18.9 Å². The van der Waals surface area contributed by atoms with Crippen LogP contribution in [-0.2, 0) is 31.8 Å². The van der Waals surface area contributed by atoms with E-state index in [1.54, 1.807) is 0 Å². The number of esters is 1. The minimum Gasteiger partial charge on any atom is -0.438 e. The van der Waals surface area contributed by atoms with Crippen LogP contribution < -0.4 is 9.64 Å². The average Bonchev–Trinajstić information content (AvgIpc) is 3.42. The van der Waals surface area contributed by atoms with E-state index < -0.39 is 41.4 Å². The van der Waals surface area contributed by atoms with Gasteiger partial charge < -0.3 is 18.9 Å². The van der Waals surface area contributed by atoms with Crippen molar-refractivity contribution in [2.24, 2.45) is 11.8 Å². The smallest absolute Gasteiger partial charge is 0.421 e. The number of hydrogen-bond donors (Lipinski definition) is 0. The first-order valence-electron chi connectivity index (χ1n) is 13.3. The Labute approximate surface area is 228 Å². The lowest BCUT2D eigenvalue weighted by atomic mass is 9.82. The molecule has 1 amide bonds. The van der Waals surface area contributed by atoms with Crippen molar-refractivity contribution in [3.8, 4) is 11.6 Å². The monoisotopic (exact) mass is 566 g/mol. The zero-order valence-electron chi connectivity index (χ0n) is 22.1. The first-order chi connectivity index (χ1) is 19.0. The van der Waals surface area contributed by atoms with Gasteiger partial charge in [-0.1, -0.05) is 6.92 Å². The van der Waals surface area contributed by atoms with Crippen LogP contribution in [0.25, 0.3) is 0 Å². The van der Waals surface area contributed by atoms with Crippen LogP contribution in [0.5, 0.6) is 11.6 Å². The standard InChI is InChI=1S/C28H30F4N2O6/c1-15-3-5-18(6-4-15)26(35)34-16(2)39-27(36)20-10-24(22(29)11-23(20)34)40-25-21(28(30,31)32)9-17(12-33-25)13-38-19-7-8-37-14-19/h9-12,15-16,18-19H,3-8,13-14H2,1-2H3/t15-,16?,18-,19?. The maximum absolute atomic E-state index is 15.3. The Kier molecular flexibility index (Phi) is 8.01. The summed E-state index contributed by atoms with van der Waals surface area (Å²) < 4.78 is 78.4. The van der Waals surface area contributed by atoms with Gasteiger partial charge in [0, 0.05) is 30.9 Å². The van der Waals surface area contributed by atoms with Crippen molar-refractivity contribution >= 4 is 17.6 Å². The van der Waals surface area contributed by atoms with Gasteiger partial charge in [-0.25, -0.2) is 14.2 Å². The Morgan fingerprint density at radius 1 is 1.12 bits per heavy atom. The summed E-state index contributed by atoms with van der Waals surface area (Å²) >= 11 is 0. The van der Waals surface area contributed by atoms with Gasteiger partial charge >= 0.3 is 12.1 Å². The van der Waals surface area contributed by atoms with E-state index in [0.717, 1.165) is 37.2 Å². The van der Waals surface area contributed by atoms with Crippen molar-refractivity contribution in [3.05, 3.63) is 46.9 Å². The van der Waals surface area contributed by atoms with E-state index >= 15 is 4.39 Å². The van der Waals surface area contributed by atoms with E-state index in [2.05, 4.69) is 11.9 Å². The molecule has 216 valence electrons. The normalized spacial score (nSPS) is 24.9. The summed E-state index contributed by atoms with van der Waals surface area (Å²) in [6, 6.07) is 2.70. The Bertz CT molecular complexity index is 1270. The van der Waals surface area contributed by atoms with Gasteiger partial charge in [0.15, 0.2) is 17.8 Å². The van der Waals surface area contributed by atoms with Crippen LogP contribution in [0.1, 0.15) is 67.4 Å². The number of cyclic esters (lactones) is 1. The molecule has 0 radical (unpaired) electrons. The fraction of sp³-hybridized carbons (Fsp3) is 0.536. The second-order valence-corrected chi connectivity index (χ2v) is 10.6. The molecular formula is C28H30F4N2O6. The number of anilines is 1. The summed E-state index contributed by atoms with van der Waals surface area (Å²) in [7, 11) is 0. The zero-order valence-corrected chi connectivity index (χ0v) is 22.1. The van der Waals surface area contributed by atoms with Crippen LogP contribution in [0.3, 0.4) is 0 Å². The molecule has 2 fully saturated rings. The summed E-state index contributed by atoms with van der Waals surface area (Å²) in [6.07, 6.45) is -1.18. The number of nitrogens with zero attached hydrogens (tertiary/aromatic N) is 2. The lowest BCUT2D eigenvalue weighted by Gasteiger charge is -2.37. The third kappa shape index (κ3) is 5.92. The van der Waals surface area contributed by atoms with E-state index in [-0.39, 0.29) is 41.4 Å². The predicted molar refractivity (Wildman–Crippen MR) is 133 cm³/mol. The van der Waals surface area contributed by atoms with Gasteiger partial charge in [0.1, 0.15) is 5.56 Å². The van der Waals surface area contributed by atoms with Crippen LogP contribution in [0.4, 0.5) is 23.2 Å². The van der Waals surface area contributed by atoms with Gasteiger partial charge in [-0.2, -0.15) is 13.2 Å². The number of alkyl halides is 3. The second kappa shape index (κ2) is 11.3. The highest BCUT2D eigenvalue weighted by Crippen LogP contribution is 2.41. The Morgan fingerprint density at radius 3 is 2.55 bits per heavy atom. The molecule has 2 unspecified atom stereocenters. The van der Waals surface area contributed by atoms with Crippen LogP contribution in [0, 0.1) is 17.7 Å². The molecule has 1 aliphatic carbocycles. The van der Waals surface area contributed by atoms with Gasteiger partial charge in [0.25, 0.3) is 0 Å². The van der Waals surface area contributed by atoms with Crippen molar-refractivity contribution in [3.63, 3.8) is 0 Å². The number of amides is 1. The number of ether oxygens (including phenoxy) is 4. The molecule has 2 aromatic rings. The minimum atomic E-state index is -4.87. The maximum atomic E-state index is 15.3. The number of benzene rings is 1. The van der Waals surface area contributed by atoms with Gasteiger partial charge in [0.05, 0.1) is 30.6 Å². The first-order valence-corrected chi connectivity index (χ1v) is 13.3. The minimum absolute atomic E-state index is 0.00962. The molecule has 3 heterocycles. The van der Waals surface area contributed by atoms with Crippen LogP contribution in [0.2, 0.25) is 0 Å². The summed E-state index contributed by atoms with van der Waals surface area (Å²) in [4.78, 5) is 31.1. The largest absolute Gasteiger partial charge is 0.438 e. The lowest BCUT2D eigenvalue weighted by molar-refractivity contribution is -0.139.